The first kappa shape index (κ1) is 21.9. The van der Waals surface area contributed by atoms with Crippen LogP contribution in [0, 0.1) is 6.92 Å². The first-order chi connectivity index (χ1) is 13.0. The third kappa shape index (κ3) is 7.65. The van der Waals surface area contributed by atoms with E-state index in [2.05, 4.69) is 22.9 Å². The maximum Gasteiger partial charge on any atom is 0.125 e. The van der Waals surface area contributed by atoms with E-state index in [0.717, 1.165) is 45.7 Å². The van der Waals surface area contributed by atoms with Crippen molar-refractivity contribution in [3.63, 3.8) is 0 Å². The molecule has 0 heterocycles. The predicted molar refractivity (Wildman–Crippen MR) is 116 cm³/mol. The Balaban J connectivity index is 1.85. The molecule has 0 unspecified atom stereocenters. The summed E-state index contributed by atoms with van der Waals surface area (Å²) in [5.74, 6) is 2.55. The van der Waals surface area contributed by atoms with Crippen molar-refractivity contribution in [3.8, 4) is 17.2 Å². The molecule has 2 aromatic carbocycles. The number of benzene rings is 2. The highest BCUT2D eigenvalue weighted by Crippen LogP contribution is 2.30. The van der Waals surface area contributed by atoms with Crippen molar-refractivity contribution in [3.05, 3.63) is 62.6 Å². The molecule has 0 aromatic heterocycles. The summed E-state index contributed by atoms with van der Waals surface area (Å²) in [5, 5.41) is 0. The normalized spacial score (nSPS) is 10.4. The molecular weight excluding hydrogens is 451 g/mol. The summed E-state index contributed by atoms with van der Waals surface area (Å²) in [6.07, 6.45) is 3.27. The Kier molecular flexibility index (Phi) is 9.32. The van der Waals surface area contributed by atoms with Crippen molar-refractivity contribution in [1.82, 2.24) is 0 Å². The van der Waals surface area contributed by atoms with E-state index in [9.17, 15) is 0 Å². The maximum atomic E-state index is 6.02. The molecule has 0 aliphatic carbocycles. The van der Waals surface area contributed by atoms with Crippen LogP contribution in [0.2, 0.25) is 0 Å². The average Bonchev–Trinajstić information content (AvgIpc) is 2.63. The third-order valence-corrected chi connectivity index (χ3v) is 4.65. The van der Waals surface area contributed by atoms with Gasteiger partial charge in [-0.15, -0.1) is 0 Å². The molecule has 6 heteroatoms. The SMILES string of the molecule is CCc1cc(OCC=C(Cl)Cl)cc(C)c1OCCCOc1ccc(Br)cc1. The third-order valence-electron chi connectivity index (χ3n) is 3.81. The average molecular weight is 474 g/mol. The molecule has 0 fully saturated rings. The van der Waals surface area contributed by atoms with Gasteiger partial charge in [0.05, 0.1) is 13.2 Å². The highest BCUT2D eigenvalue weighted by molar-refractivity contribution is 9.10. The second-order valence-electron chi connectivity index (χ2n) is 5.89. The van der Waals surface area contributed by atoms with Gasteiger partial charge in [0.15, 0.2) is 0 Å². The van der Waals surface area contributed by atoms with E-state index in [4.69, 9.17) is 37.4 Å². The summed E-state index contributed by atoms with van der Waals surface area (Å²) in [5.41, 5.74) is 2.15. The van der Waals surface area contributed by atoms with Crippen LogP contribution in [0.1, 0.15) is 24.5 Å². The number of halogens is 3. The van der Waals surface area contributed by atoms with Gasteiger partial charge in [-0.05, 0) is 66.9 Å². The summed E-state index contributed by atoms with van der Waals surface area (Å²) in [6, 6.07) is 11.8. The van der Waals surface area contributed by atoms with Gasteiger partial charge in [-0.2, -0.15) is 0 Å². The lowest BCUT2D eigenvalue weighted by Crippen LogP contribution is -2.07. The summed E-state index contributed by atoms with van der Waals surface area (Å²) in [4.78, 5) is 0. The molecule has 27 heavy (non-hydrogen) atoms. The Morgan fingerprint density at radius 1 is 1.00 bits per heavy atom. The molecule has 0 radical (unpaired) electrons. The molecule has 3 nitrogen and oxygen atoms in total. The van der Waals surface area contributed by atoms with Gasteiger partial charge in [0, 0.05) is 10.9 Å². The lowest BCUT2D eigenvalue weighted by atomic mass is 10.1. The largest absolute Gasteiger partial charge is 0.493 e. The van der Waals surface area contributed by atoms with Crippen LogP contribution in [0.4, 0.5) is 0 Å². The maximum absolute atomic E-state index is 6.02. The summed E-state index contributed by atoms with van der Waals surface area (Å²) < 4.78 is 18.6. The molecule has 0 bridgehead atoms. The minimum atomic E-state index is 0.202. The summed E-state index contributed by atoms with van der Waals surface area (Å²) in [6.45, 7) is 5.64. The molecular formula is C21H23BrCl2O3. The van der Waals surface area contributed by atoms with E-state index in [-0.39, 0.29) is 4.49 Å². The molecule has 0 aliphatic rings. The molecule has 0 N–H and O–H groups in total. The second-order valence-corrected chi connectivity index (χ2v) is 7.81. The molecule has 0 saturated heterocycles. The molecule has 2 aromatic rings. The Morgan fingerprint density at radius 2 is 1.70 bits per heavy atom. The van der Waals surface area contributed by atoms with Crippen LogP contribution in [0.5, 0.6) is 17.2 Å². The van der Waals surface area contributed by atoms with Gasteiger partial charge in [-0.3, -0.25) is 0 Å². The van der Waals surface area contributed by atoms with Gasteiger partial charge in [0.25, 0.3) is 0 Å². The Labute approximate surface area is 179 Å². The lowest BCUT2D eigenvalue weighted by Gasteiger charge is -2.16. The zero-order valence-electron chi connectivity index (χ0n) is 15.4. The molecule has 146 valence electrons. The molecule has 0 amide bonds. The molecule has 0 atom stereocenters. The molecule has 0 aliphatic heterocycles. The van der Waals surface area contributed by atoms with Crippen LogP contribution >= 0.6 is 39.1 Å². The lowest BCUT2D eigenvalue weighted by molar-refractivity contribution is 0.245. The quantitative estimate of drug-likeness (QED) is 0.352. The van der Waals surface area contributed by atoms with E-state index >= 15 is 0 Å². The highest BCUT2D eigenvalue weighted by Gasteiger charge is 2.09. The van der Waals surface area contributed by atoms with Crippen molar-refractivity contribution < 1.29 is 14.2 Å². The first-order valence-electron chi connectivity index (χ1n) is 8.78. The van der Waals surface area contributed by atoms with Crippen molar-refractivity contribution in [2.75, 3.05) is 19.8 Å². The van der Waals surface area contributed by atoms with Crippen LogP contribution in [0.15, 0.2) is 51.4 Å². The first-order valence-corrected chi connectivity index (χ1v) is 10.3. The van der Waals surface area contributed by atoms with Crippen molar-refractivity contribution in [2.45, 2.75) is 26.7 Å². The van der Waals surface area contributed by atoms with Gasteiger partial charge >= 0.3 is 0 Å². The smallest absolute Gasteiger partial charge is 0.125 e. The van der Waals surface area contributed by atoms with E-state index in [1.807, 2.05) is 43.3 Å². The van der Waals surface area contributed by atoms with Gasteiger partial charge in [0.2, 0.25) is 0 Å². The van der Waals surface area contributed by atoms with E-state index in [1.165, 1.54) is 0 Å². The minimum Gasteiger partial charge on any atom is -0.493 e. The minimum absolute atomic E-state index is 0.202. The monoisotopic (exact) mass is 472 g/mol. The Hall–Kier alpha value is -1.36. The van der Waals surface area contributed by atoms with Crippen LogP contribution in [0.25, 0.3) is 0 Å². The summed E-state index contributed by atoms with van der Waals surface area (Å²) in [7, 11) is 0. The fourth-order valence-corrected chi connectivity index (χ4v) is 2.91. The number of rotatable bonds is 10. The van der Waals surface area contributed by atoms with Gasteiger partial charge < -0.3 is 14.2 Å². The molecule has 2 rings (SSSR count). The number of ether oxygens (including phenoxy) is 3. The fourth-order valence-electron chi connectivity index (χ4n) is 2.52. The Bertz CT molecular complexity index is 757. The Morgan fingerprint density at radius 3 is 2.37 bits per heavy atom. The van der Waals surface area contributed by atoms with Crippen molar-refractivity contribution >= 4 is 39.1 Å². The van der Waals surface area contributed by atoms with Crippen LogP contribution in [-0.4, -0.2) is 19.8 Å². The number of aryl methyl sites for hydroxylation is 2. The number of hydrogen-bond donors (Lipinski definition) is 0. The number of hydrogen-bond acceptors (Lipinski definition) is 3. The zero-order valence-corrected chi connectivity index (χ0v) is 18.5. The van der Waals surface area contributed by atoms with E-state index < -0.39 is 0 Å². The van der Waals surface area contributed by atoms with Gasteiger partial charge in [0.1, 0.15) is 28.3 Å². The van der Waals surface area contributed by atoms with Crippen molar-refractivity contribution in [2.24, 2.45) is 0 Å². The topological polar surface area (TPSA) is 27.7 Å². The van der Waals surface area contributed by atoms with E-state index in [1.54, 1.807) is 6.08 Å². The standard InChI is InChI=1S/C21H23BrCl2O3/c1-3-16-14-19(26-12-9-20(23)24)13-15(2)21(16)27-11-4-10-25-18-7-5-17(22)6-8-18/h5-9,13-14H,3-4,10-12H2,1-2H3. The van der Waals surface area contributed by atoms with E-state index in [0.29, 0.717) is 19.8 Å². The van der Waals surface area contributed by atoms with Crippen LogP contribution in [0.3, 0.4) is 0 Å². The summed E-state index contributed by atoms with van der Waals surface area (Å²) >= 11 is 14.6. The predicted octanol–water partition coefficient (Wildman–Crippen LogP) is 6.87. The van der Waals surface area contributed by atoms with Crippen LogP contribution < -0.4 is 14.2 Å². The second kappa shape index (κ2) is 11.5. The molecule has 0 saturated carbocycles. The molecule has 0 spiro atoms. The van der Waals surface area contributed by atoms with Gasteiger partial charge in [-0.25, -0.2) is 0 Å². The van der Waals surface area contributed by atoms with Crippen LogP contribution in [-0.2, 0) is 6.42 Å². The van der Waals surface area contributed by atoms with Gasteiger partial charge in [-0.1, -0.05) is 46.1 Å². The highest BCUT2D eigenvalue weighted by atomic mass is 79.9. The fraction of sp³-hybridized carbons (Fsp3) is 0.333. The zero-order chi connectivity index (χ0) is 19.6. The van der Waals surface area contributed by atoms with Crippen molar-refractivity contribution in [1.29, 1.82) is 0 Å².